The van der Waals surface area contributed by atoms with Gasteiger partial charge in [-0.25, -0.2) is 4.39 Å². The number of alkyl halides is 2. The number of rotatable bonds is 8. The second kappa shape index (κ2) is 11.7. The van der Waals surface area contributed by atoms with E-state index in [2.05, 4.69) is 18.2 Å². The predicted molar refractivity (Wildman–Crippen MR) is 130 cm³/mol. The summed E-state index contributed by atoms with van der Waals surface area (Å²) in [6, 6.07) is 2.51. The number of halogens is 4. The Morgan fingerprint density at radius 2 is 1.46 bits per heavy atom. The first-order chi connectivity index (χ1) is 16.8. The van der Waals surface area contributed by atoms with Crippen molar-refractivity contribution in [3.05, 3.63) is 42.0 Å². The van der Waals surface area contributed by atoms with E-state index in [4.69, 9.17) is 4.74 Å². The van der Waals surface area contributed by atoms with Gasteiger partial charge in [-0.2, -0.15) is 13.2 Å². The molecule has 0 heterocycles. The standard InChI is InChI=1S/C29H40F4O2/c1-3-20-6-10-23(11-7-20)25-16-17-26(28(31)27(25)30)35-29(32,33)18-34-24-14-12-22(13-15-24)21-8-4-19(2)5-9-21/h3,16-17,19-24H,1,4-15,18H2,2H3. The molecule has 0 aliphatic heterocycles. The zero-order valence-corrected chi connectivity index (χ0v) is 20.9. The van der Waals surface area contributed by atoms with Gasteiger partial charge in [0.25, 0.3) is 0 Å². The van der Waals surface area contributed by atoms with E-state index in [0.717, 1.165) is 69.3 Å². The maximum absolute atomic E-state index is 14.7. The van der Waals surface area contributed by atoms with Crippen molar-refractivity contribution in [1.29, 1.82) is 0 Å². The first-order valence-corrected chi connectivity index (χ1v) is 13.5. The molecule has 0 aromatic heterocycles. The van der Waals surface area contributed by atoms with E-state index < -0.39 is 30.1 Å². The summed E-state index contributed by atoms with van der Waals surface area (Å²) in [7, 11) is 0. The third-order valence-corrected chi connectivity index (χ3v) is 8.81. The first kappa shape index (κ1) is 26.5. The highest BCUT2D eigenvalue weighted by molar-refractivity contribution is 5.33. The second-order valence-electron chi connectivity index (χ2n) is 11.2. The van der Waals surface area contributed by atoms with Crippen LogP contribution in [0.15, 0.2) is 24.8 Å². The monoisotopic (exact) mass is 496 g/mol. The largest absolute Gasteiger partial charge is 0.428 e. The van der Waals surface area contributed by atoms with Crippen molar-refractivity contribution in [3.63, 3.8) is 0 Å². The smallest absolute Gasteiger partial charge is 0.422 e. The van der Waals surface area contributed by atoms with E-state index in [1.165, 1.54) is 31.7 Å². The summed E-state index contributed by atoms with van der Waals surface area (Å²) in [6.07, 6.45) is 9.78. The number of ether oxygens (including phenoxy) is 2. The third-order valence-electron chi connectivity index (χ3n) is 8.81. The molecule has 196 valence electrons. The van der Waals surface area contributed by atoms with Gasteiger partial charge in [0.2, 0.25) is 5.82 Å². The molecule has 35 heavy (non-hydrogen) atoms. The predicted octanol–water partition coefficient (Wildman–Crippen LogP) is 8.80. The molecule has 0 spiro atoms. The highest BCUT2D eigenvalue weighted by Gasteiger charge is 2.37. The zero-order chi connectivity index (χ0) is 25.0. The third kappa shape index (κ3) is 6.81. The summed E-state index contributed by atoms with van der Waals surface area (Å²) in [4.78, 5) is 0. The minimum absolute atomic E-state index is 0.120. The maximum atomic E-state index is 14.7. The Kier molecular flexibility index (Phi) is 8.83. The molecule has 0 amide bonds. The van der Waals surface area contributed by atoms with Crippen LogP contribution < -0.4 is 4.74 Å². The normalized spacial score (nSPS) is 32.3. The van der Waals surface area contributed by atoms with Crippen LogP contribution in [0.3, 0.4) is 0 Å². The minimum Gasteiger partial charge on any atom is -0.428 e. The van der Waals surface area contributed by atoms with E-state index in [9.17, 15) is 17.6 Å². The van der Waals surface area contributed by atoms with Crippen molar-refractivity contribution in [2.45, 2.75) is 102 Å². The molecule has 0 unspecified atom stereocenters. The molecule has 6 heteroatoms. The summed E-state index contributed by atoms with van der Waals surface area (Å²) in [6.45, 7) is 5.15. The van der Waals surface area contributed by atoms with Crippen molar-refractivity contribution in [2.24, 2.45) is 23.7 Å². The van der Waals surface area contributed by atoms with E-state index in [1.54, 1.807) is 0 Å². The molecule has 1 aromatic carbocycles. The van der Waals surface area contributed by atoms with Crippen molar-refractivity contribution in [1.82, 2.24) is 0 Å². The molecule has 0 radical (unpaired) electrons. The molecular weight excluding hydrogens is 456 g/mol. The van der Waals surface area contributed by atoms with Gasteiger partial charge >= 0.3 is 6.11 Å². The zero-order valence-electron chi connectivity index (χ0n) is 20.9. The van der Waals surface area contributed by atoms with Crippen molar-refractivity contribution >= 4 is 0 Å². The molecule has 3 aliphatic carbocycles. The summed E-state index contributed by atoms with van der Waals surface area (Å²) in [5.74, 6) is -0.685. The van der Waals surface area contributed by atoms with E-state index in [1.807, 2.05) is 6.08 Å². The highest BCUT2D eigenvalue weighted by Crippen LogP contribution is 2.41. The fourth-order valence-electron chi connectivity index (χ4n) is 6.50. The van der Waals surface area contributed by atoms with Crippen molar-refractivity contribution in [3.8, 4) is 5.75 Å². The lowest BCUT2D eigenvalue weighted by Gasteiger charge is -2.37. The molecule has 0 bridgehead atoms. The van der Waals surface area contributed by atoms with Crippen LogP contribution in [-0.2, 0) is 4.74 Å². The Balaban J connectivity index is 1.26. The fourth-order valence-corrected chi connectivity index (χ4v) is 6.50. The Bertz CT molecular complexity index is 833. The number of allylic oxidation sites excluding steroid dienone is 1. The molecular formula is C29H40F4O2. The lowest BCUT2D eigenvalue weighted by molar-refractivity contribution is -0.223. The average Bonchev–Trinajstić information content (AvgIpc) is 2.87. The Labute approximate surface area is 207 Å². The van der Waals surface area contributed by atoms with Gasteiger partial charge in [0.15, 0.2) is 18.2 Å². The Morgan fingerprint density at radius 3 is 2.06 bits per heavy atom. The summed E-state index contributed by atoms with van der Waals surface area (Å²) < 4.78 is 68.4. The number of benzene rings is 1. The van der Waals surface area contributed by atoms with Gasteiger partial charge in [0.05, 0.1) is 6.10 Å². The van der Waals surface area contributed by atoms with Crippen molar-refractivity contribution in [2.75, 3.05) is 6.61 Å². The van der Waals surface area contributed by atoms with E-state index in [0.29, 0.717) is 11.8 Å². The Hall–Kier alpha value is -1.56. The van der Waals surface area contributed by atoms with Crippen LogP contribution in [0.4, 0.5) is 17.6 Å². The molecule has 2 nitrogen and oxygen atoms in total. The van der Waals surface area contributed by atoms with Crippen LogP contribution in [0.5, 0.6) is 5.75 Å². The molecule has 3 saturated carbocycles. The maximum Gasteiger partial charge on any atom is 0.422 e. The topological polar surface area (TPSA) is 18.5 Å². The van der Waals surface area contributed by atoms with E-state index in [-0.39, 0.29) is 17.6 Å². The van der Waals surface area contributed by atoms with Gasteiger partial charge in [-0.3, -0.25) is 0 Å². The average molecular weight is 497 g/mol. The summed E-state index contributed by atoms with van der Waals surface area (Å²) >= 11 is 0. The number of hydrogen-bond acceptors (Lipinski definition) is 2. The molecule has 0 atom stereocenters. The van der Waals surface area contributed by atoms with Crippen molar-refractivity contribution < 1.29 is 27.0 Å². The van der Waals surface area contributed by atoms with Gasteiger partial charge in [0, 0.05) is 0 Å². The van der Waals surface area contributed by atoms with Crippen LogP contribution in [0.25, 0.3) is 0 Å². The second-order valence-corrected chi connectivity index (χ2v) is 11.2. The fraction of sp³-hybridized carbons (Fsp3) is 0.724. The Morgan fingerprint density at radius 1 is 0.857 bits per heavy atom. The lowest BCUT2D eigenvalue weighted by atomic mass is 9.71. The van der Waals surface area contributed by atoms with Gasteiger partial charge < -0.3 is 9.47 Å². The summed E-state index contributed by atoms with van der Waals surface area (Å²) in [5.41, 5.74) is 0.237. The summed E-state index contributed by atoms with van der Waals surface area (Å²) in [5, 5.41) is 0. The van der Waals surface area contributed by atoms with Crippen LogP contribution in [0.2, 0.25) is 0 Å². The molecule has 0 N–H and O–H groups in total. The SMILES string of the molecule is C=CC1CCC(c2ccc(OC(F)(F)COC3CCC(C4CCC(C)CC4)CC3)c(F)c2F)CC1. The van der Waals surface area contributed by atoms with Crippen LogP contribution in [0, 0.1) is 35.3 Å². The number of hydrogen-bond donors (Lipinski definition) is 0. The van der Waals surface area contributed by atoms with Gasteiger partial charge in [-0.05, 0) is 105 Å². The first-order valence-electron chi connectivity index (χ1n) is 13.5. The lowest BCUT2D eigenvalue weighted by Crippen LogP contribution is -2.35. The van der Waals surface area contributed by atoms with Gasteiger partial charge in [-0.1, -0.05) is 31.9 Å². The van der Waals surface area contributed by atoms with E-state index >= 15 is 0 Å². The molecule has 0 saturated heterocycles. The molecule has 3 fully saturated rings. The molecule has 4 rings (SSSR count). The highest BCUT2D eigenvalue weighted by atomic mass is 19.3. The minimum atomic E-state index is -3.73. The van der Waals surface area contributed by atoms with Crippen LogP contribution in [0.1, 0.15) is 95.5 Å². The molecule has 3 aliphatic rings. The van der Waals surface area contributed by atoms with Crippen LogP contribution in [-0.4, -0.2) is 18.8 Å². The van der Waals surface area contributed by atoms with Gasteiger partial charge in [0.1, 0.15) is 0 Å². The van der Waals surface area contributed by atoms with Crippen LogP contribution >= 0.6 is 0 Å². The quantitative estimate of drug-likeness (QED) is 0.264. The van der Waals surface area contributed by atoms with Gasteiger partial charge in [-0.15, -0.1) is 6.58 Å². The molecule has 1 aromatic rings.